The van der Waals surface area contributed by atoms with Crippen LogP contribution in [0.15, 0.2) is 30.3 Å². The lowest BCUT2D eigenvalue weighted by Gasteiger charge is -2.34. The van der Waals surface area contributed by atoms with Crippen LogP contribution < -0.4 is 0 Å². The third-order valence-corrected chi connectivity index (χ3v) is 6.32. The predicted molar refractivity (Wildman–Crippen MR) is 112 cm³/mol. The van der Waals surface area contributed by atoms with Crippen molar-refractivity contribution in [2.24, 2.45) is 0 Å². The summed E-state index contributed by atoms with van der Waals surface area (Å²) in [6.45, 7) is 7.02. The lowest BCUT2D eigenvalue weighted by atomic mass is 10.2. The van der Waals surface area contributed by atoms with E-state index in [1.807, 2.05) is 53.6 Å². The second-order valence-corrected chi connectivity index (χ2v) is 10.1. The Labute approximate surface area is 171 Å². The molecule has 1 aliphatic rings. The molecule has 0 radical (unpaired) electrons. The Hall–Kier alpha value is -1.83. The summed E-state index contributed by atoms with van der Waals surface area (Å²) in [5.74, 6) is 0.172. The molecule has 8 heteroatoms. The molecule has 1 aliphatic heterocycles. The van der Waals surface area contributed by atoms with Crippen molar-refractivity contribution in [1.82, 2.24) is 14.4 Å². The van der Waals surface area contributed by atoms with Crippen molar-refractivity contribution in [2.75, 3.05) is 44.7 Å². The summed E-state index contributed by atoms with van der Waals surface area (Å²) >= 11 is 6.13. The van der Waals surface area contributed by atoms with Gasteiger partial charge < -0.3 is 9.47 Å². The van der Waals surface area contributed by atoms with Gasteiger partial charge >= 0.3 is 0 Å². The average Bonchev–Trinajstić information content (AvgIpc) is 2.93. The first-order valence-electron chi connectivity index (χ1n) is 9.30. The van der Waals surface area contributed by atoms with E-state index in [0.29, 0.717) is 43.3 Å². The topological polar surface area (TPSA) is 62.6 Å². The van der Waals surface area contributed by atoms with Crippen molar-refractivity contribution >= 4 is 27.3 Å². The number of amides is 1. The average molecular weight is 424 g/mol. The normalized spacial score (nSPS) is 15.8. The number of aryl methyl sites for hydroxylation is 1. The van der Waals surface area contributed by atoms with Crippen LogP contribution in [0.2, 0.25) is 5.02 Å². The van der Waals surface area contributed by atoms with E-state index in [9.17, 15) is 13.2 Å². The predicted octanol–water partition coefficient (Wildman–Crippen LogP) is 2.55. The van der Waals surface area contributed by atoms with Gasteiger partial charge in [0.2, 0.25) is 0 Å². The van der Waals surface area contributed by atoms with E-state index in [-0.39, 0.29) is 11.7 Å². The Morgan fingerprint density at radius 1 is 1.11 bits per heavy atom. The van der Waals surface area contributed by atoms with E-state index >= 15 is 0 Å². The highest BCUT2D eigenvalue weighted by atomic mass is 35.5. The summed E-state index contributed by atoms with van der Waals surface area (Å²) in [6, 6.07) is 9.51. The minimum Gasteiger partial charge on any atom is -0.336 e. The van der Waals surface area contributed by atoms with Gasteiger partial charge in [0.15, 0.2) is 0 Å². The van der Waals surface area contributed by atoms with Gasteiger partial charge in [0.05, 0.1) is 11.3 Å². The summed E-state index contributed by atoms with van der Waals surface area (Å²) in [5.41, 5.74) is 3.51. The molecule has 1 aromatic carbocycles. The number of piperazine rings is 1. The van der Waals surface area contributed by atoms with Crippen LogP contribution in [0.3, 0.4) is 0 Å². The molecule has 0 spiro atoms. The van der Waals surface area contributed by atoms with Crippen LogP contribution in [-0.2, 0) is 9.84 Å². The van der Waals surface area contributed by atoms with E-state index in [1.165, 1.54) is 6.26 Å². The zero-order chi connectivity index (χ0) is 20.5. The summed E-state index contributed by atoms with van der Waals surface area (Å²) in [7, 11) is -2.97. The molecule has 3 rings (SSSR count). The SMILES string of the molecule is Cc1cc(C(=O)N2CCN(CCS(C)(=O)=O)CC2)c(C)n1-c1cccc(Cl)c1. The Morgan fingerprint density at radius 2 is 1.79 bits per heavy atom. The van der Waals surface area contributed by atoms with E-state index < -0.39 is 9.84 Å². The number of rotatable bonds is 5. The fraction of sp³-hybridized carbons (Fsp3) is 0.450. The quantitative estimate of drug-likeness (QED) is 0.741. The van der Waals surface area contributed by atoms with Crippen LogP contribution in [0.25, 0.3) is 5.69 Å². The lowest BCUT2D eigenvalue weighted by molar-refractivity contribution is 0.0643. The first-order chi connectivity index (χ1) is 13.2. The first kappa shape index (κ1) is 20.9. The van der Waals surface area contributed by atoms with Gasteiger partial charge in [-0.05, 0) is 38.1 Å². The molecule has 2 heterocycles. The molecular weight excluding hydrogens is 398 g/mol. The van der Waals surface area contributed by atoms with E-state index in [2.05, 4.69) is 4.90 Å². The Kier molecular flexibility index (Phi) is 6.17. The van der Waals surface area contributed by atoms with Crippen molar-refractivity contribution in [3.05, 3.63) is 52.3 Å². The van der Waals surface area contributed by atoms with Crippen LogP contribution in [0.1, 0.15) is 21.7 Å². The van der Waals surface area contributed by atoms with Gasteiger partial charge in [-0.25, -0.2) is 8.42 Å². The minimum atomic E-state index is -2.97. The summed E-state index contributed by atoms with van der Waals surface area (Å²) in [5, 5.41) is 0.656. The molecule has 6 nitrogen and oxygen atoms in total. The third kappa shape index (κ3) is 4.77. The number of carbonyl (C=O) groups is 1. The largest absolute Gasteiger partial charge is 0.336 e. The van der Waals surface area contributed by atoms with Crippen molar-refractivity contribution in [2.45, 2.75) is 13.8 Å². The number of nitrogens with zero attached hydrogens (tertiary/aromatic N) is 3. The van der Waals surface area contributed by atoms with Crippen LogP contribution >= 0.6 is 11.6 Å². The maximum Gasteiger partial charge on any atom is 0.255 e. The van der Waals surface area contributed by atoms with Gasteiger partial charge in [-0.2, -0.15) is 0 Å². The number of aromatic nitrogens is 1. The van der Waals surface area contributed by atoms with Crippen molar-refractivity contribution in [3.63, 3.8) is 0 Å². The standard InChI is InChI=1S/C20H26ClN3O3S/c1-15-13-19(16(2)24(15)18-6-4-5-17(21)14-18)20(25)23-9-7-22(8-10-23)11-12-28(3,26)27/h4-6,13-14H,7-12H2,1-3H3. The van der Waals surface area contributed by atoms with Crippen LogP contribution in [0.4, 0.5) is 0 Å². The zero-order valence-electron chi connectivity index (χ0n) is 16.5. The maximum atomic E-state index is 13.1. The molecule has 152 valence electrons. The Morgan fingerprint density at radius 3 is 2.39 bits per heavy atom. The van der Waals surface area contributed by atoms with Crippen LogP contribution in [0.5, 0.6) is 0 Å². The molecule has 1 fully saturated rings. The lowest BCUT2D eigenvalue weighted by Crippen LogP contribution is -2.49. The third-order valence-electron chi connectivity index (χ3n) is 5.17. The second-order valence-electron chi connectivity index (χ2n) is 7.36. The molecule has 0 bridgehead atoms. The van der Waals surface area contributed by atoms with E-state index in [1.54, 1.807) is 0 Å². The number of hydrogen-bond donors (Lipinski definition) is 0. The first-order valence-corrected chi connectivity index (χ1v) is 11.7. The molecule has 2 aromatic rings. The number of sulfone groups is 1. The van der Waals surface area contributed by atoms with Gasteiger partial charge in [-0.1, -0.05) is 17.7 Å². The highest BCUT2D eigenvalue weighted by Crippen LogP contribution is 2.24. The fourth-order valence-electron chi connectivity index (χ4n) is 3.63. The highest BCUT2D eigenvalue weighted by molar-refractivity contribution is 7.90. The molecule has 0 N–H and O–H groups in total. The number of benzene rings is 1. The van der Waals surface area contributed by atoms with Gasteiger partial charge in [0, 0.05) is 61.1 Å². The van der Waals surface area contributed by atoms with E-state index in [4.69, 9.17) is 11.6 Å². The summed E-state index contributed by atoms with van der Waals surface area (Å²) in [4.78, 5) is 17.0. The Bertz CT molecular complexity index is 977. The number of halogens is 1. The number of hydrogen-bond acceptors (Lipinski definition) is 4. The van der Waals surface area contributed by atoms with Crippen molar-refractivity contribution < 1.29 is 13.2 Å². The molecule has 0 unspecified atom stereocenters. The molecule has 1 aromatic heterocycles. The van der Waals surface area contributed by atoms with Gasteiger partial charge in [0.25, 0.3) is 5.91 Å². The van der Waals surface area contributed by atoms with Gasteiger partial charge in [-0.3, -0.25) is 9.69 Å². The van der Waals surface area contributed by atoms with E-state index in [0.717, 1.165) is 17.1 Å². The maximum absolute atomic E-state index is 13.1. The molecule has 1 saturated heterocycles. The van der Waals surface area contributed by atoms with Crippen LogP contribution in [-0.4, -0.2) is 73.4 Å². The minimum absolute atomic E-state index is 0.0177. The molecular formula is C20H26ClN3O3S. The number of carbonyl (C=O) groups excluding carboxylic acids is 1. The fourth-order valence-corrected chi connectivity index (χ4v) is 4.41. The van der Waals surface area contributed by atoms with Crippen LogP contribution in [0, 0.1) is 13.8 Å². The summed E-state index contributed by atoms with van der Waals surface area (Å²) in [6.07, 6.45) is 1.25. The molecule has 0 aliphatic carbocycles. The highest BCUT2D eigenvalue weighted by Gasteiger charge is 2.25. The summed E-state index contributed by atoms with van der Waals surface area (Å²) < 4.78 is 24.7. The van der Waals surface area contributed by atoms with Gasteiger partial charge in [0.1, 0.15) is 9.84 Å². The van der Waals surface area contributed by atoms with Crippen molar-refractivity contribution in [1.29, 1.82) is 0 Å². The molecule has 0 atom stereocenters. The molecule has 28 heavy (non-hydrogen) atoms. The Balaban J connectivity index is 1.71. The van der Waals surface area contributed by atoms with Gasteiger partial charge in [-0.15, -0.1) is 0 Å². The molecule has 0 saturated carbocycles. The second kappa shape index (κ2) is 8.27. The van der Waals surface area contributed by atoms with Crippen molar-refractivity contribution in [3.8, 4) is 5.69 Å². The molecule has 1 amide bonds. The zero-order valence-corrected chi connectivity index (χ0v) is 18.1. The smallest absolute Gasteiger partial charge is 0.255 e. The monoisotopic (exact) mass is 423 g/mol.